The molecule has 0 aromatic carbocycles. The summed E-state index contributed by atoms with van der Waals surface area (Å²) < 4.78 is 1.68. The van der Waals surface area contributed by atoms with E-state index in [0.29, 0.717) is 5.95 Å². The van der Waals surface area contributed by atoms with Crippen molar-refractivity contribution in [3.05, 3.63) is 6.33 Å². The largest absolute Gasteiger partial charge is 0.393 e. The molecule has 0 radical (unpaired) electrons. The Kier molecular flexibility index (Phi) is 3.04. The maximum atomic E-state index is 8.97. The second-order valence-corrected chi connectivity index (χ2v) is 2.86. The van der Waals surface area contributed by atoms with Gasteiger partial charge in [-0.15, -0.1) is 5.10 Å². The van der Waals surface area contributed by atoms with Gasteiger partial charge in [-0.25, -0.2) is 4.98 Å². The maximum absolute atomic E-state index is 8.97. The van der Waals surface area contributed by atoms with Crippen LogP contribution < -0.4 is 5.73 Å². The highest BCUT2D eigenvalue weighted by Crippen LogP contribution is 1.98. The monoisotopic (exact) mass is 170 g/mol. The van der Waals surface area contributed by atoms with Crippen molar-refractivity contribution in [2.75, 3.05) is 5.73 Å². The van der Waals surface area contributed by atoms with Crippen molar-refractivity contribution in [2.24, 2.45) is 0 Å². The molecule has 12 heavy (non-hydrogen) atoms. The van der Waals surface area contributed by atoms with Crippen molar-refractivity contribution in [3.63, 3.8) is 0 Å². The highest BCUT2D eigenvalue weighted by Gasteiger charge is 1.98. The SMILES string of the molecule is CC(O)CCCn1cnc(N)n1. The van der Waals surface area contributed by atoms with Crippen molar-refractivity contribution < 1.29 is 5.11 Å². The molecule has 0 aliphatic heterocycles. The predicted octanol–water partition coefficient (Wildman–Crippen LogP) is 0.0213. The Bertz CT molecular complexity index is 233. The molecule has 1 heterocycles. The summed E-state index contributed by atoms with van der Waals surface area (Å²) in [6, 6.07) is 0. The fourth-order valence-electron chi connectivity index (χ4n) is 0.965. The number of nitrogen functional groups attached to an aromatic ring is 1. The number of anilines is 1. The number of aliphatic hydroxyl groups excluding tert-OH is 1. The molecule has 1 aromatic heterocycles. The molecule has 0 amide bonds. The van der Waals surface area contributed by atoms with Crippen molar-refractivity contribution >= 4 is 5.95 Å². The Labute approximate surface area is 71.2 Å². The van der Waals surface area contributed by atoms with Gasteiger partial charge in [0.2, 0.25) is 5.95 Å². The second-order valence-electron chi connectivity index (χ2n) is 2.86. The van der Waals surface area contributed by atoms with E-state index in [4.69, 9.17) is 10.8 Å². The number of aryl methyl sites for hydroxylation is 1. The Morgan fingerprint density at radius 3 is 3.00 bits per heavy atom. The minimum atomic E-state index is -0.245. The van der Waals surface area contributed by atoms with Crippen molar-refractivity contribution in [1.29, 1.82) is 0 Å². The first-order valence-electron chi connectivity index (χ1n) is 4.01. The summed E-state index contributed by atoms with van der Waals surface area (Å²) in [5, 5.41) is 12.9. The van der Waals surface area contributed by atoms with E-state index in [2.05, 4.69) is 10.1 Å². The van der Waals surface area contributed by atoms with Gasteiger partial charge in [-0.3, -0.25) is 4.68 Å². The van der Waals surface area contributed by atoms with Crippen LogP contribution in [0.5, 0.6) is 0 Å². The Balaban J connectivity index is 2.24. The van der Waals surface area contributed by atoms with Gasteiger partial charge in [-0.1, -0.05) is 0 Å². The summed E-state index contributed by atoms with van der Waals surface area (Å²) in [4.78, 5) is 3.78. The molecule has 1 atom stereocenters. The molecule has 0 saturated carbocycles. The Morgan fingerprint density at radius 2 is 2.50 bits per heavy atom. The molecule has 0 aliphatic rings. The number of aliphatic hydroxyl groups is 1. The summed E-state index contributed by atoms with van der Waals surface area (Å²) in [6.45, 7) is 2.53. The molecule has 0 aliphatic carbocycles. The summed E-state index contributed by atoms with van der Waals surface area (Å²) in [7, 11) is 0. The normalized spacial score (nSPS) is 13.2. The summed E-state index contributed by atoms with van der Waals surface area (Å²) in [5.74, 6) is 0.298. The van der Waals surface area contributed by atoms with Gasteiger partial charge >= 0.3 is 0 Å². The van der Waals surface area contributed by atoms with Crippen LogP contribution in [0.1, 0.15) is 19.8 Å². The van der Waals surface area contributed by atoms with Crippen LogP contribution in [-0.4, -0.2) is 26.0 Å². The van der Waals surface area contributed by atoms with E-state index in [0.717, 1.165) is 19.4 Å². The van der Waals surface area contributed by atoms with E-state index < -0.39 is 0 Å². The van der Waals surface area contributed by atoms with E-state index in [1.54, 1.807) is 17.9 Å². The molecule has 1 unspecified atom stereocenters. The lowest BCUT2D eigenvalue weighted by Gasteiger charge is -2.02. The lowest BCUT2D eigenvalue weighted by atomic mass is 10.2. The Morgan fingerprint density at radius 1 is 1.75 bits per heavy atom. The molecule has 0 bridgehead atoms. The van der Waals surface area contributed by atoms with E-state index >= 15 is 0 Å². The lowest BCUT2D eigenvalue weighted by molar-refractivity contribution is 0.179. The van der Waals surface area contributed by atoms with Crippen molar-refractivity contribution in [1.82, 2.24) is 14.8 Å². The first-order chi connectivity index (χ1) is 5.68. The van der Waals surface area contributed by atoms with Crippen LogP contribution in [-0.2, 0) is 6.54 Å². The van der Waals surface area contributed by atoms with Crippen molar-refractivity contribution in [2.45, 2.75) is 32.4 Å². The number of rotatable bonds is 4. The molecule has 3 N–H and O–H groups in total. The third-order valence-corrected chi connectivity index (χ3v) is 1.56. The molecule has 0 spiro atoms. The van der Waals surface area contributed by atoms with Crippen LogP contribution in [0.2, 0.25) is 0 Å². The molecular formula is C7H14N4O. The molecule has 5 heteroatoms. The number of hydrogen-bond acceptors (Lipinski definition) is 4. The second kappa shape index (κ2) is 4.06. The molecule has 68 valence electrons. The van der Waals surface area contributed by atoms with Crippen LogP contribution in [0.25, 0.3) is 0 Å². The zero-order valence-corrected chi connectivity index (χ0v) is 7.14. The molecule has 1 rings (SSSR count). The third kappa shape index (κ3) is 2.87. The zero-order valence-electron chi connectivity index (χ0n) is 7.14. The van der Waals surface area contributed by atoms with E-state index in [9.17, 15) is 0 Å². The van der Waals surface area contributed by atoms with Gasteiger partial charge in [0.05, 0.1) is 6.10 Å². The van der Waals surface area contributed by atoms with Gasteiger partial charge < -0.3 is 10.8 Å². The van der Waals surface area contributed by atoms with Crippen molar-refractivity contribution in [3.8, 4) is 0 Å². The molecule has 0 fully saturated rings. The molecular weight excluding hydrogens is 156 g/mol. The summed E-state index contributed by atoms with van der Waals surface area (Å²) in [5.41, 5.74) is 5.32. The quantitative estimate of drug-likeness (QED) is 0.668. The Hall–Kier alpha value is -1.10. The van der Waals surface area contributed by atoms with Gasteiger partial charge in [-0.05, 0) is 19.8 Å². The topological polar surface area (TPSA) is 77.0 Å². The number of nitrogens with zero attached hydrogens (tertiary/aromatic N) is 3. The lowest BCUT2D eigenvalue weighted by Crippen LogP contribution is -2.04. The average molecular weight is 170 g/mol. The first kappa shape index (κ1) is 8.99. The van der Waals surface area contributed by atoms with Gasteiger partial charge in [0.25, 0.3) is 0 Å². The standard InChI is InChI=1S/C7H14N4O/c1-6(12)3-2-4-11-5-9-7(8)10-11/h5-6,12H,2-4H2,1H3,(H2,8,10). The van der Waals surface area contributed by atoms with Gasteiger partial charge in [0.1, 0.15) is 6.33 Å². The van der Waals surface area contributed by atoms with Crippen LogP contribution >= 0.6 is 0 Å². The van der Waals surface area contributed by atoms with E-state index in [1.165, 1.54) is 0 Å². The third-order valence-electron chi connectivity index (χ3n) is 1.56. The van der Waals surface area contributed by atoms with Gasteiger partial charge in [0.15, 0.2) is 0 Å². The number of aromatic nitrogens is 3. The number of hydrogen-bond donors (Lipinski definition) is 2. The molecule has 1 aromatic rings. The van der Waals surface area contributed by atoms with Gasteiger partial charge in [0, 0.05) is 6.54 Å². The molecule has 0 saturated heterocycles. The zero-order chi connectivity index (χ0) is 8.97. The van der Waals surface area contributed by atoms with Crippen LogP contribution in [0.15, 0.2) is 6.33 Å². The van der Waals surface area contributed by atoms with E-state index in [-0.39, 0.29) is 6.10 Å². The molecule has 5 nitrogen and oxygen atoms in total. The highest BCUT2D eigenvalue weighted by atomic mass is 16.3. The minimum Gasteiger partial charge on any atom is -0.393 e. The fourth-order valence-corrected chi connectivity index (χ4v) is 0.965. The smallest absolute Gasteiger partial charge is 0.239 e. The maximum Gasteiger partial charge on any atom is 0.239 e. The van der Waals surface area contributed by atoms with Crippen LogP contribution in [0.4, 0.5) is 5.95 Å². The van der Waals surface area contributed by atoms with E-state index in [1.807, 2.05) is 0 Å². The average Bonchev–Trinajstić information content (AvgIpc) is 2.35. The summed E-state index contributed by atoms with van der Waals surface area (Å²) in [6.07, 6.45) is 3.02. The fraction of sp³-hybridized carbons (Fsp3) is 0.714. The predicted molar refractivity (Wildman–Crippen MR) is 45.3 cm³/mol. The van der Waals surface area contributed by atoms with Crippen LogP contribution in [0, 0.1) is 0 Å². The number of nitrogens with two attached hydrogens (primary N) is 1. The first-order valence-corrected chi connectivity index (χ1v) is 4.01. The van der Waals surface area contributed by atoms with Gasteiger partial charge in [-0.2, -0.15) is 0 Å². The highest BCUT2D eigenvalue weighted by molar-refractivity contribution is 5.08. The minimum absolute atomic E-state index is 0.245. The van der Waals surface area contributed by atoms with Crippen LogP contribution in [0.3, 0.4) is 0 Å². The summed E-state index contributed by atoms with van der Waals surface area (Å²) >= 11 is 0.